The molecule has 0 radical (unpaired) electrons. The van der Waals surface area contributed by atoms with Gasteiger partial charge in [-0.15, -0.1) is 0 Å². The van der Waals surface area contributed by atoms with Crippen LogP contribution >= 0.6 is 0 Å². The number of hydrogen-bond acceptors (Lipinski definition) is 5. The smallest absolute Gasteiger partial charge is 0.255 e. The molecule has 0 aliphatic carbocycles. The predicted molar refractivity (Wildman–Crippen MR) is 109 cm³/mol. The monoisotopic (exact) mass is 392 g/mol. The summed E-state index contributed by atoms with van der Waals surface area (Å²) in [5.74, 6) is -0.750. The first-order valence-electron chi connectivity index (χ1n) is 8.77. The highest BCUT2D eigenvalue weighted by Crippen LogP contribution is 2.27. The maximum Gasteiger partial charge on any atom is 0.255 e. The molecular formula is C21H20N4O4. The highest BCUT2D eigenvalue weighted by atomic mass is 16.5. The number of carbonyl (C=O) groups is 2. The fourth-order valence-corrected chi connectivity index (χ4v) is 2.82. The number of amides is 2. The molecule has 2 amide bonds. The summed E-state index contributed by atoms with van der Waals surface area (Å²) in [6, 6.07) is 18.0. The van der Waals surface area contributed by atoms with Crippen LogP contribution in [0.4, 0.5) is 0 Å². The second-order valence-electron chi connectivity index (χ2n) is 6.32. The lowest BCUT2D eigenvalue weighted by Gasteiger charge is -2.13. The third-order valence-electron chi connectivity index (χ3n) is 4.24. The largest absolute Gasteiger partial charge is 0.488 e. The Hall–Kier alpha value is -4.07. The molecule has 0 aliphatic heterocycles. The zero-order valence-corrected chi connectivity index (χ0v) is 15.5. The van der Waals surface area contributed by atoms with Gasteiger partial charge in [0, 0.05) is 5.56 Å². The number of rotatable bonds is 7. The Labute approximate surface area is 166 Å². The van der Waals surface area contributed by atoms with Gasteiger partial charge in [-0.25, -0.2) is 0 Å². The molecule has 3 rings (SSSR count). The van der Waals surface area contributed by atoms with Crippen LogP contribution in [0.3, 0.4) is 0 Å². The van der Waals surface area contributed by atoms with Crippen LogP contribution in [0.1, 0.15) is 21.5 Å². The molecular weight excluding hydrogens is 372 g/mol. The summed E-state index contributed by atoms with van der Waals surface area (Å²) in [5.41, 5.74) is 12.3. The first kappa shape index (κ1) is 19.7. The molecule has 0 atom stereocenters. The topological polar surface area (TPSA) is 140 Å². The number of hydrogen-bond donors (Lipinski definition) is 4. The average Bonchev–Trinajstić information content (AvgIpc) is 2.74. The second kappa shape index (κ2) is 8.75. The van der Waals surface area contributed by atoms with Gasteiger partial charge in [0.15, 0.2) is 5.84 Å². The SMILES string of the molecule is NC(=O)CNC(=O)c1cc2ccccc2cc1OCc1cccc(C(N)=NO)c1. The molecule has 8 nitrogen and oxygen atoms in total. The minimum Gasteiger partial charge on any atom is -0.488 e. The van der Waals surface area contributed by atoms with E-state index in [1.165, 1.54) is 0 Å². The molecule has 0 saturated heterocycles. The number of primary amides is 1. The number of ether oxygens (including phenoxy) is 1. The van der Waals surface area contributed by atoms with Crippen LogP contribution in [0.5, 0.6) is 5.75 Å². The maximum absolute atomic E-state index is 12.5. The Balaban J connectivity index is 1.90. The summed E-state index contributed by atoms with van der Waals surface area (Å²) in [6.07, 6.45) is 0. The van der Waals surface area contributed by atoms with Gasteiger partial charge in [0.1, 0.15) is 12.4 Å². The van der Waals surface area contributed by atoms with Gasteiger partial charge >= 0.3 is 0 Å². The molecule has 0 saturated carbocycles. The quantitative estimate of drug-likeness (QED) is 0.210. The number of fused-ring (bicyclic) bond motifs is 1. The lowest BCUT2D eigenvalue weighted by Crippen LogP contribution is -2.33. The van der Waals surface area contributed by atoms with Crippen molar-refractivity contribution in [2.45, 2.75) is 6.61 Å². The van der Waals surface area contributed by atoms with E-state index in [1.54, 1.807) is 30.3 Å². The van der Waals surface area contributed by atoms with Crippen molar-refractivity contribution in [1.29, 1.82) is 0 Å². The fraction of sp³-hybridized carbons (Fsp3) is 0.0952. The first-order chi connectivity index (χ1) is 14.0. The number of oxime groups is 1. The van der Waals surface area contributed by atoms with E-state index in [2.05, 4.69) is 10.5 Å². The van der Waals surface area contributed by atoms with Crippen LogP contribution < -0.4 is 21.5 Å². The van der Waals surface area contributed by atoms with Crippen LogP contribution in [-0.4, -0.2) is 29.4 Å². The average molecular weight is 392 g/mol. The second-order valence-corrected chi connectivity index (χ2v) is 6.32. The Kier molecular flexibility index (Phi) is 5.94. The van der Waals surface area contributed by atoms with Gasteiger partial charge < -0.3 is 26.7 Å². The van der Waals surface area contributed by atoms with Crippen molar-refractivity contribution in [3.8, 4) is 5.75 Å². The summed E-state index contributed by atoms with van der Waals surface area (Å²) in [6.45, 7) is -0.117. The minimum absolute atomic E-state index is 0.0101. The molecule has 3 aromatic carbocycles. The third kappa shape index (κ3) is 4.81. The van der Waals surface area contributed by atoms with E-state index in [9.17, 15) is 9.59 Å². The molecule has 3 aromatic rings. The van der Waals surface area contributed by atoms with Gasteiger partial charge in [-0.1, -0.05) is 47.6 Å². The van der Waals surface area contributed by atoms with Crippen molar-refractivity contribution in [3.05, 3.63) is 77.4 Å². The predicted octanol–water partition coefficient (Wildman–Crippen LogP) is 1.73. The molecule has 0 aromatic heterocycles. The molecule has 8 heteroatoms. The van der Waals surface area contributed by atoms with Gasteiger partial charge in [0.25, 0.3) is 5.91 Å². The minimum atomic E-state index is -0.637. The molecule has 0 aliphatic rings. The summed E-state index contributed by atoms with van der Waals surface area (Å²) < 4.78 is 5.91. The molecule has 0 fully saturated rings. The molecule has 0 heterocycles. The molecule has 6 N–H and O–H groups in total. The summed E-state index contributed by atoms with van der Waals surface area (Å²) in [5, 5.41) is 16.1. The van der Waals surface area contributed by atoms with E-state index in [1.807, 2.05) is 30.3 Å². The van der Waals surface area contributed by atoms with Crippen molar-refractivity contribution in [3.63, 3.8) is 0 Å². The fourth-order valence-electron chi connectivity index (χ4n) is 2.82. The number of carbonyl (C=O) groups excluding carboxylic acids is 2. The summed E-state index contributed by atoms with van der Waals surface area (Å²) in [7, 11) is 0. The van der Waals surface area contributed by atoms with Crippen LogP contribution in [0.2, 0.25) is 0 Å². The standard InChI is InChI=1S/C21H20N4O4/c22-19(26)11-24-21(27)17-9-14-5-1-2-6-15(14)10-18(17)29-12-13-4-3-7-16(8-13)20(23)25-28/h1-10,28H,11-12H2,(H2,22,26)(H2,23,25)(H,24,27). The summed E-state index contributed by atoms with van der Waals surface area (Å²) >= 11 is 0. The van der Waals surface area contributed by atoms with Crippen molar-refractivity contribution in [1.82, 2.24) is 5.32 Å². The van der Waals surface area contributed by atoms with Gasteiger partial charge in [-0.3, -0.25) is 9.59 Å². The van der Waals surface area contributed by atoms with E-state index in [-0.39, 0.29) is 24.6 Å². The van der Waals surface area contributed by atoms with E-state index < -0.39 is 11.8 Å². The third-order valence-corrected chi connectivity index (χ3v) is 4.24. The van der Waals surface area contributed by atoms with Gasteiger partial charge in [0.2, 0.25) is 5.91 Å². The van der Waals surface area contributed by atoms with Crippen LogP contribution in [0.25, 0.3) is 10.8 Å². The maximum atomic E-state index is 12.5. The normalized spacial score (nSPS) is 11.2. The molecule has 0 bridgehead atoms. The number of nitrogens with two attached hydrogens (primary N) is 2. The summed E-state index contributed by atoms with van der Waals surface area (Å²) in [4.78, 5) is 23.5. The van der Waals surface area contributed by atoms with Crippen molar-refractivity contribution in [2.24, 2.45) is 16.6 Å². The highest BCUT2D eigenvalue weighted by molar-refractivity contribution is 6.02. The number of amidine groups is 1. The molecule has 0 unspecified atom stereocenters. The van der Waals surface area contributed by atoms with Crippen LogP contribution in [0, 0.1) is 0 Å². The number of nitrogens with zero attached hydrogens (tertiary/aromatic N) is 1. The lowest BCUT2D eigenvalue weighted by molar-refractivity contribution is -0.117. The van der Waals surface area contributed by atoms with Gasteiger partial charge in [0.05, 0.1) is 12.1 Å². The van der Waals surface area contributed by atoms with E-state index in [4.69, 9.17) is 21.4 Å². The lowest BCUT2D eigenvalue weighted by atomic mass is 10.1. The van der Waals surface area contributed by atoms with E-state index in [0.717, 1.165) is 16.3 Å². The van der Waals surface area contributed by atoms with Crippen molar-refractivity contribution < 1.29 is 19.5 Å². The zero-order valence-electron chi connectivity index (χ0n) is 15.5. The molecule has 148 valence electrons. The van der Waals surface area contributed by atoms with Gasteiger partial charge in [-0.05, 0) is 34.5 Å². The zero-order chi connectivity index (χ0) is 20.8. The van der Waals surface area contributed by atoms with Gasteiger partial charge in [-0.2, -0.15) is 0 Å². The highest BCUT2D eigenvalue weighted by Gasteiger charge is 2.15. The molecule has 29 heavy (non-hydrogen) atoms. The number of benzene rings is 3. The number of nitrogens with one attached hydrogen (secondary N) is 1. The van der Waals surface area contributed by atoms with Crippen molar-refractivity contribution in [2.75, 3.05) is 6.54 Å². The van der Waals surface area contributed by atoms with Crippen LogP contribution in [-0.2, 0) is 11.4 Å². The van der Waals surface area contributed by atoms with Crippen LogP contribution in [0.15, 0.2) is 65.8 Å². The Morgan fingerprint density at radius 2 is 1.72 bits per heavy atom. The Bertz CT molecular complexity index is 1090. The first-order valence-corrected chi connectivity index (χ1v) is 8.77. The molecule has 0 spiro atoms. The van der Waals surface area contributed by atoms with E-state index in [0.29, 0.717) is 11.3 Å². The van der Waals surface area contributed by atoms with Crippen molar-refractivity contribution >= 4 is 28.4 Å². The Morgan fingerprint density at radius 1 is 1.00 bits per heavy atom. The van der Waals surface area contributed by atoms with E-state index >= 15 is 0 Å². The Morgan fingerprint density at radius 3 is 2.41 bits per heavy atom.